The lowest BCUT2D eigenvalue weighted by molar-refractivity contribution is 0.510. The number of rotatable bonds is 3. The fourth-order valence-electron chi connectivity index (χ4n) is 10.2. The smallest absolute Gasteiger partial charge is 0.0546 e. The van der Waals surface area contributed by atoms with E-state index < -0.39 is 0 Å². The van der Waals surface area contributed by atoms with E-state index in [1.165, 1.54) is 95.0 Å². The van der Waals surface area contributed by atoms with Gasteiger partial charge in [-0.25, -0.2) is 0 Å². The van der Waals surface area contributed by atoms with Crippen molar-refractivity contribution in [1.29, 1.82) is 0 Å². The molecule has 0 bridgehead atoms. The average Bonchev–Trinajstić information content (AvgIpc) is 3.49. The van der Waals surface area contributed by atoms with Crippen LogP contribution in [0, 0.1) is 0 Å². The molecule has 0 radical (unpaired) electrons. The van der Waals surface area contributed by atoms with Gasteiger partial charge in [-0.15, -0.1) is 0 Å². The molecule has 0 fully saturated rings. The fraction of sp³-hybridized carbons (Fsp3) is 0.333. The van der Waals surface area contributed by atoms with Gasteiger partial charge < -0.3 is 4.90 Å². The maximum absolute atomic E-state index is 2.62. The van der Waals surface area contributed by atoms with Crippen LogP contribution in [0.5, 0.6) is 0 Å². The first-order valence-corrected chi connectivity index (χ1v) is 20.4. The van der Waals surface area contributed by atoms with Gasteiger partial charge in [-0.1, -0.05) is 168 Å². The molecule has 6 aromatic carbocycles. The summed E-state index contributed by atoms with van der Waals surface area (Å²) >= 11 is 0. The van der Waals surface area contributed by atoms with Gasteiger partial charge in [0.25, 0.3) is 0 Å². The van der Waals surface area contributed by atoms with Crippen LogP contribution in [0.4, 0.5) is 17.1 Å². The number of anilines is 3. The van der Waals surface area contributed by atoms with Gasteiger partial charge in [-0.2, -0.15) is 0 Å². The second-order valence-electron chi connectivity index (χ2n) is 20.5. The van der Waals surface area contributed by atoms with Crippen LogP contribution in [-0.2, 0) is 33.5 Å². The van der Waals surface area contributed by atoms with Crippen LogP contribution >= 0.6 is 0 Å². The van der Waals surface area contributed by atoms with Crippen LogP contribution < -0.4 is 4.90 Å². The average molecular weight is 720 g/mol. The van der Waals surface area contributed by atoms with E-state index in [4.69, 9.17) is 0 Å². The van der Waals surface area contributed by atoms with Crippen molar-refractivity contribution in [2.75, 3.05) is 4.90 Å². The summed E-state index contributed by atoms with van der Waals surface area (Å²) < 4.78 is 0. The predicted octanol–water partition coefficient (Wildman–Crippen LogP) is 14.9. The lowest BCUT2D eigenvalue weighted by Crippen LogP contribution is -2.29. The second-order valence-corrected chi connectivity index (χ2v) is 20.5. The van der Waals surface area contributed by atoms with E-state index in [0.717, 1.165) is 6.42 Å². The Balaban J connectivity index is 1.37. The van der Waals surface area contributed by atoms with Crippen LogP contribution in [0.15, 0.2) is 115 Å². The van der Waals surface area contributed by atoms with Gasteiger partial charge in [0.15, 0.2) is 0 Å². The van der Waals surface area contributed by atoms with Crippen LogP contribution in [0.25, 0.3) is 33.4 Å². The lowest BCUT2D eigenvalue weighted by atomic mass is 9.67. The summed E-state index contributed by atoms with van der Waals surface area (Å²) in [5.74, 6) is 0. The molecule has 0 spiro atoms. The van der Waals surface area contributed by atoms with E-state index in [-0.39, 0.29) is 27.1 Å². The molecule has 9 rings (SSSR count). The van der Waals surface area contributed by atoms with Gasteiger partial charge in [0, 0.05) is 27.8 Å². The van der Waals surface area contributed by atoms with Crippen molar-refractivity contribution < 1.29 is 0 Å². The third-order valence-electron chi connectivity index (χ3n) is 13.5. The Hall–Kier alpha value is -4.88. The minimum atomic E-state index is -0.111. The number of hydrogen-bond acceptors (Lipinski definition) is 1. The van der Waals surface area contributed by atoms with Crippen molar-refractivity contribution in [3.05, 3.63) is 160 Å². The molecule has 3 aliphatic carbocycles. The molecule has 1 heteroatoms. The zero-order valence-electron chi connectivity index (χ0n) is 35.1. The highest BCUT2D eigenvalue weighted by Gasteiger charge is 2.40. The van der Waals surface area contributed by atoms with Gasteiger partial charge in [-0.05, 0) is 125 Å². The van der Waals surface area contributed by atoms with Crippen molar-refractivity contribution in [2.24, 2.45) is 0 Å². The Labute approximate surface area is 330 Å². The Kier molecular flexibility index (Phi) is 7.54. The number of benzene rings is 6. The van der Waals surface area contributed by atoms with Crippen LogP contribution in [0.2, 0.25) is 0 Å². The molecule has 278 valence electrons. The molecule has 55 heavy (non-hydrogen) atoms. The monoisotopic (exact) mass is 719 g/mol. The van der Waals surface area contributed by atoms with Crippen LogP contribution in [-0.4, -0.2) is 0 Å². The molecule has 0 heterocycles. The Morgan fingerprint density at radius 2 is 0.909 bits per heavy atom. The highest BCUT2D eigenvalue weighted by atomic mass is 15.1. The Morgan fingerprint density at radius 3 is 1.42 bits per heavy atom. The van der Waals surface area contributed by atoms with Crippen LogP contribution in [0.3, 0.4) is 0 Å². The summed E-state index contributed by atoms with van der Waals surface area (Å²) in [6, 6.07) is 45.0. The molecule has 0 unspecified atom stereocenters. The highest BCUT2D eigenvalue weighted by molar-refractivity contribution is 5.95. The third kappa shape index (κ3) is 5.32. The Bertz CT molecular complexity index is 2450. The first-order valence-electron chi connectivity index (χ1n) is 20.4. The summed E-state index contributed by atoms with van der Waals surface area (Å²) in [5, 5.41) is 0. The predicted molar refractivity (Wildman–Crippen MR) is 236 cm³/mol. The number of fused-ring (bicyclic) bond motifs is 9. The van der Waals surface area contributed by atoms with Crippen molar-refractivity contribution in [2.45, 2.75) is 117 Å². The summed E-state index contributed by atoms with van der Waals surface area (Å²) in [6.07, 6.45) is 1.02. The first kappa shape index (κ1) is 35.8. The minimum absolute atomic E-state index is 0.0367. The molecule has 0 saturated carbocycles. The van der Waals surface area contributed by atoms with E-state index in [9.17, 15) is 0 Å². The molecule has 0 atom stereocenters. The summed E-state index contributed by atoms with van der Waals surface area (Å²) in [5.41, 5.74) is 22.8. The largest absolute Gasteiger partial charge is 0.310 e. The second kappa shape index (κ2) is 11.6. The van der Waals surface area contributed by atoms with Gasteiger partial charge in [-0.3, -0.25) is 0 Å². The fourth-order valence-corrected chi connectivity index (χ4v) is 10.2. The molecule has 1 nitrogen and oxygen atoms in total. The molecule has 6 aromatic rings. The van der Waals surface area contributed by atoms with Crippen molar-refractivity contribution in [3.8, 4) is 33.4 Å². The van der Waals surface area contributed by atoms with E-state index in [1.54, 1.807) is 0 Å². The standard InChI is InChI=1S/C54H57N/c1-50(2,3)34-21-24-38-33(27-34)32-52(7,8)47-28-35(51(4,5)6)29-48(49(38)47)55(36-22-25-41-39-17-13-15-19-43(39)53(9,10)45(41)30-36)37-23-26-42-40-18-14-16-20-44(40)54(11,12)46(42)31-37/h13-31H,32H2,1-12H3. The molecule has 3 aliphatic rings. The Morgan fingerprint density at radius 1 is 0.436 bits per heavy atom. The molecular formula is C54H57N. The quantitative estimate of drug-likeness (QED) is 0.176. The maximum Gasteiger partial charge on any atom is 0.0546 e. The summed E-state index contributed by atoms with van der Waals surface area (Å²) in [7, 11) is 0. The molecule has 0 aromatic heterocycles. The first-order chi connectivity index (χ1) is 25.8. The number of hydrogen-bond donors (Lipinski definition) is 0. The van der Waals surface area contributed by atoms with Crippen LogP contribution in [0.1, 0.15) is 128 Å². The maximum atomic E-state index is 2.62. The summed E-state index contributed by atoms with van der Waals surface area (Å²) in [6.45, 7) is 28.6. The minimum Gasteiger partial charge on any atom is -0.310 e. The zero-order valence-corrected chi connectivity index (χ0v) is 35.1. The van der Waals surface area contributed by atoms with Gasteiger partial charge in [0.2, 0.25) is 0 Å². The van der Waals surface area contributed by atoms with E-state index in [1.807, 2.05) is 0 Å². The third-order valence-corrected chi connectivity index (χ3v) is 13.5. The topological polar surface area (TPSA) is 3.24 Å². The van der Waals surface area contributed by atoms with Crippen molar-refractivity contribution >= 4 is 17.1 Å². The zero-order chi connectivity index (χ0) is 39.0. The normalized spacial score (nSPS) is 16.7. The van der Waals surface area contributed by atoms with Crippen molar-refractivity contribution in [3.63, 3.8) is 0 Å². The molecular weight excluding hydrogens is 663 g/mol. The van der Waals surface area contributed by atoms with E-state index >= 15 is 0 Å². The SMILES string of the molecule is CC(C)(C)c1ccc2c(c1)CC(C)(C)c1cc(C(C)(C)C)cc(N(c3ccc4c(c3)C(C)(C)c3ccccc3-4)c3ccc4c(c3)C(C)(C)c3ccccc3-4)c1-2. The van der Waals surface area contributed by atoms with E-state index in [2.05, 4.69) is 203 Å². The number of nitrogens with zero attached hydrogens (tertiary/aromatic N) is 1. The molecule has 0 aliphatic heterocycles. The van der Waals surface area contributed by atoms with Gasteiger partial charge >= 0.3 is 0 Å². The highest BCUT2D eigenvalue weighted by Crippen LogP contribution is 2.56. The molecule has 0 N–H and O–H groups in total. The van der Waals surface area contributed by atoms with Gasteiger partial charge in [0.05, 0.1) is 5.69 Å². The molecule has 0 amide bonds. The molecule has 0 saturated heterocycles. The van der Waals surface area contributed by atoms with Gasteiger partial charge in [0.1, 0.15) is 0 Å². The van der Waals surface area contributed by atoms with Crippen molar-refractivity contribution in [1.82, 2.24) is 0 Å². The van der Waals surface area contributed by atoms with E-state index in [0.29, 0.717) is 0 Å². The lowest BCUT2D eigenvalue weighted by Gasteiger charge is -2.40. The summed E-state index contributed by atoms with van der Waals surface area (Å²) in [4.78, 5) is 2.62.